The Balaban J connectivity index is 1.44. The molecule has 0 unspecified atom stereocenters. The van der Waals surface area contributed by atoms with E-state index >= 15 is 0 Å². The van der Waals surface area contributed by atoms with Gasteiger partial charge in [-0.3, -0.25) is 4.98 Å². The van der Waals surface area contributed by atoms with Gasteiger partial charge in [-0.15, -0.1) is 11.3 Å². The van der Waals surface area contributed by atoms with Gasteiger partial charge in [-0.1, -0.05) is 17.7 Å². The normalized spacial score (nSPS) is 11.9. The Morgan fingerprint density at radius 2 is 2.04 bits per heavy atom. The zero-order valence-electron chi connectivity index (χ0n) is 14.2. The number of hydrogen-bond acceptors (Lipinski definition) is 5. The molecule has 4 heterocycles. The summed E-state index contributed by atoms with van der Waals surface area (Å²) in [6, 6.07) is 6.21. The maximum atomic E-state index is 12.6. The fourth-order valence-electron chi connectivity index (χ4n) is 2.72. The Morgan fingerprint density at radius 3 is 2.79 bits per heavy atom. The third-order valence-electron chi connectivity index (χ3n) is 4.10. The van der Waals surface area contributed by atoms with E-state index in [2.05, 4.69) is 25.3 Å². The van der Waals surface area contributed by atoms with Crippen LogP contribution >= 0.6 is 22.9 Å². The lowest BCUT2D eigenvalue weighted by Gasteiger charge is -2.07. The number of thiazole rings is 1. The summed E-state index contributed by atoms with van der Waals surface area (Å²) >= 11 is 7.67. The van der Waals surface area contributed by atoms with E-state index in [1.165, 1.54) is 23.6 Å². The molecule has 144 valence electrons. The van der Waals surface area contributed by atoms with Crippen LogP contribution in [0.25, 0.3) is 11.0 Å². The number of fused-ring (bicyclic) bond motifs is 1. The number of rotatable bonds is 5. The monoisotopic (exact) mass is 423 g/mol. The topological polar surface area (TPSA) is 66.5 Å². The Kier molecular flexibility index (Phi) is 4.94. The van der Waals surface area contributed by atoms with Crippen molar-refractivity contribution >= 4 is 39.1 Å². The summed E-state index contributed by atoms with van der Waals surface area (Å²) in [5.74, 6) is 0. The van der Waals surface area contributed by atoms with Crippen LogP contribution in [-0.4, -0.2) is 19.9 Å². The molecule has 0 bridgehead atoms. The molecule has 0 fully saturated rings. The second kappa shape index (κ2) is 7.40. The molecule has 0 aliphatic heterocycles. The summed E-state index contributed by atoms with van der Waals surface area (Å²) in [7, 11) is 0. The fraction of sp³-hybridized carbons (Fsp3) is 0.167. The molecule has 0 aliphatic rings. The fourth-order valence-corrected chi connectivity index (χ4v) is 3.91. The third-order valence-corrected chi connectivity index (χ3v) is 5.53. The largest absolute Gasteiger partial charge is 0.433 e. The molecule has 0 radical (unpaired) electrons. The summed E-state index contributed by atoms with van der Waals surface area (Å²) in [5, 5.41) is 5.10. The minimum atomic E-state index is -4.44. The van der Waals surface area contributed by atoms with Crippen LogP contribution in [0.5, 0.6) is 0 Å². The number of anilines is 1. The number of halogens is 4. The van der Waals surface area contributed by atoms with E-state index in [4.69, 9.17) is 11.6 Å². The van der Waals surface area contributed by atoms with Gasteiger partial charge in [0.2, 0.25) is 0 Å². The van der Waals surface area contributed by atoms with Crippen LogP contribution in [0.4, 0.5) is 18.3 Å². The van der Waals surface area contributed by atoms with Crippen molar-refractivity contribution < 1.29 is 13.2 Å². The van der Waals surface area contributed by atoms with Gasteiger partial charge >= 0.3 is 6.18 Å². The lowest BCUT2D eigenvalue weighted by molar-refractivity contribution is -0.141. The van der Waals surface area contributed by atoms with Crippen molar-refractivity contribution in [2.45, 2.75) is 19.1 Å². The molecule has 10 heteroatoms. The van der Waals surface area contributed by atoms with E-state index in [-0.39, 0.29) is 0 Å². The number of aromatic nitrogens is 4. The zero-order chi connectivity index (χ0) is 19.7. The van der Waals surface area contributed by atoms with Gasteiger partial charge in [0.15, 0.2) is 5.13 Å². The summed E-state index contributed by atoms with van der Waals surface area (Å²) in [4.78, 5) is 16.0. The molecule has 5 nitrogen and oxygen atoms in total. The van der Waals surface area contributed by atoms with Crippen LogP contribution in [0.3, 0.4) is 0 Å². The standard InChI is InChI=1S/C18H13ClF3N5S/c19-15-13(6-11-9-25-16-12(11)2-1-5-23-16)28-17(27-15)26-8-10-3-4-14(24-7-10)18(20,21)22/h1-5,7,9H,6,8H2,(H,23,25)(H,26,27). The van der Waals surface area contributed by atoms with Crippen molar-refractivity contribution in [2.75, 3.05) is 5.32 Å². The minimum absolute atomic E-state index is 0.297. The average Bonchev–Trinajstić information content (AvgIpc) is 3.24. The number of nitrogens with one attached hydrogen (secondary N) is 2. The molecule has 0 amide bonds. The molecule has 2 N–H and O–H groups in total. The molecule has 28 heavy (non-hydrogen) atoms. The van der Waals surface area contributed by atoms with Crippen molar-refractivity contribution in [2.24, 2.45) is 0 Å². The lowest BCUT2D eigenvalue weighted by atomic mass is 10.1. The van der Waals surface area contributed by atoms with Crippen molar-refractivity contribution in [3.8, 4) is 0 Å². The van der Waals surface area contributed by atoms with Crippen LogP contribution in [0, 0.1) is 0 Å². The van der Waals surface area contributed by atoms with E-state index in [1.54, 1.807) is 6.20 Å². The van der Waals surface area contributed by atoms with E-state index in [9.17, 15) is 13.2 Å². The van der Waals surface area contributed by atoms with E-state index < -0.39 is 11.9 Å². The number of aromatic amines is 1. The molecule has 4 aromatic heterocycles. The van der Waals surface area contributed by atoms with Gasteiger partial charge in [-0.05, 0) is 29.3 Å². The second-order valence-corrected chi connectivity index (χ2v) is 7.47. The predicted octanol–water partition coefficient (Wildman–Crippen LogP) is 5.29. The Labute approximate surface area is 166 Å². The van der Waals surface area contributed by atoms with Crippen molar-refractivity contribution in [1.29, 1.82) is 0 Å². The molecular weight excluding hydrogens is 411 g/mol. The van der Waals surface area contributed by atoms with Gasteiger partial charge < -0.3 is 10.3 Å². The zero-order valence-corrected chi connectivity index (χ0v) is 15.8. The van der Waals surface area contributed by atoms with Crippen molar-refractivity contribution in [3.05, 3.63) is 69.7 Å². The minimum Gasteiger partial charge on any atom is -0.357 e. The van der Waals surface area contributed by atoms with Crippen LogP contribution in [0.2, 0.25) is 5.15 Å². The number of H-pyrrole nitrogens is 1. The quantitative estimate of drug-likeness (QED) is 0.457. The summed E-state index contributed by atoms with van der Waals surface area (Å²) < 4.78 is 37.7. The lowest BCUT2D eigenvalue weighted by Crippen LogP contribution is -2.08. The van der Waals surface area contributed by atoms with Gasteiger partial charge in [0.05, 0.1) is 4.88 Å². The molecule has 0 aromatic carbocycles. The first-order valence-corrected chi connectivity index (χ1v) is 9.42. The van der Waals surface area contributed by atoms with Crippen LogP contribution in [0.15, 0.2) is 42.9 Å². The highest BCUT2D eigenvalue weighted by atomic mass is 35.5. The smallest absolute Gasteiger partial charge is 0.357 e. The first kappa shape index (κ1) is 18.7. The summed E-state index contributed by atoms with van der Waals surface area (Å²) in [6.07, 6.45) is 0.979. The summed E-state index contributed by atoms with van der Waals surface area (Å²) in [6.45, 7) is 0.297. The Morgan fingerprint density at radius 1 is 1.18 bits per heavy atom. The van der Waals surface area contributed by atoms with E-state index in [0.717, 1.165) is 27.5 Å². The molecule has 0 aliphatic carbocycles. The molecule has 0 spiro atoms. The molecule has 0 saturated carbocycles. The third kappa shape index (κ3) is 3.95. The van der Waals surface area contributed by atoms with Gasteiger partial charge in [0, 0.05) is 36.9 Å². The molecular formula is C18H13ClF3N5S. The van der Waals surface area contributed by atoms with Crippen LogP contribution in [-0.2, 0) is 19.1 Å². The molecule has 0 saturated heterocycles. The first-order chi connectivity index (χ1) is 13.4. The summed E-state index contributed by atoms with van der Waals surface area (Å²) in [5.41, 5.74) is 1.58. The molecule has 4 rings (SSSR count). The van der Waals surface area contributed by atoms with Gasteiger partial charge in [-0.25, -0.2) is 9.97 Å². The number of nitrogens with zero attached hydrogens (tertiary/aromatic N) is 3. The predicted molar refractivity (Wildman–Crippen MR) is 103 cm³/mol. The second-order valence-electron chi connectivity index (χ2n) is 6.03. The molecule has 0 atom stereocenters. The van der Waals surface area contributed by atoms with E-state index in [0.29, 0.717) is 28.8 Å². The number of alkyl halides is 3. The highest BCUT2D eigenvalue weighted by Crippen LogP contribution is 2.31. The number of hydrogen-bond donors (Lipinski definition) is 2. The van der Waals surface area contributed by atoms with Crippen molar-refractivity contribution in [1.82, 2.24) is 19.9 Å². The number of pyridine rings is 2. The van der Waals surface area contributed by atoms with Crippen molar-refractivity contribution in [3.63, 3.8) is 0 Å². The van der Waals surface area contributed by atoms with Crippen LogP contribution in [0.1, 0.15) is 21.7 Å². The van der Waals surface area contributed by atoms with Gasteiger partial charge in [-0.2, -0.15) is 13.2 Å². The average molecular weight is 424 g/mol. The van der Waals surface area contributed by atoms with Gasteiger partial charge in [0.1, 0.15) is 16.5 Å². The molecule has 4 aromatic rings. The van der Waals surface area contributed by atoms with E-state index in [1.807, 2.05) is 18.3 Å². The maximum Gasteiger partial charge on any atom is 0.433 e. The Hall–Kier alpha value is -2.65. The highest BCUT2D eigenvalue weighted by molar-refractivity contribution is 7.16. The van der Waals surface area contributed by atoms with Gasteiger partial charge in [0.25, 0.3) is 0 Å². The Bertz CT molecular complexity index is 1100. The maximum absolute atomic E-state index is 12.6. The SMILES string of the molecule is FC(F)(F)c1ccc(CNc2nc(Cl)c(Cc3c[nH]c4ncccc34)s2)cn1. The first-order valence-electron chi connectivity index (χ1n) is 8.22. The van der Waals surface area contributed by atoms with Crippen LogP contribution < -0.4 is 5.32 Å². The highest BCUT2D eigenvalue weighted by Gasteiger charge is 2.31.